The number of hydrogen-bond donors (Lipinski definition) is 1. The van der Waals surface area contributed by atoms with Crippen molar-refractivity contribution in [2.24, 2.45) is 5.73 Å². The van der Waals surface area contributed by atoms with Crippen molar-refractivity contribution < 1.29 is 11.7 Å². The molecule has 2 rings (SSSR count). The lowest BCUT2D eigenvalue weighted by atomic mass is 9.85. The number of primary amides is 1. The van der Waals surface area contributed by atoms with Crippen LogP contribution in [0.5, 0.6) is 0 Å². The molecule has 2 aromatic rings. The van der Waals surface area contributed by atoms with Crippen LogP contribution < -0.4 is 5.73 Å². The minimum atomic E-state index is -2.67. The van der Waals surface area contributed by atoms with E-state index >= 15 is 0 Å². The van der Waals surface area contributed by atoms with Crippen LogP contribution in [0, 0.1) is 34.6 Å². The summed E-state index contributed by atoms with van der Waals surface area (Å²) in [6.07, 6.45) is 0. The van der Waals surface area contributed by atoms with Crippen LogP contribution in [-0.4, -0.2) is 15.8 Å². The number of aryl methyl sites for hydroxylation is 3. The highest BCUT2D eigenvalue weighted by molar-refractivity contribution is 7.87. The van der Waals surface area contributed by atoms with Gasteiger partial charge in [-0.2, -0.15) is 0 Å². The Balaban J connectivity index is 2.91. The molecule has 0 aliphatic carbocycles. The maximum Gasteiger partial charge on any atom is 0.230 e. The van der Waals surface area contributed by atoms with Crippen LogP contribution in [0.15, 0.2) is 30.3 Å². The van der Waals surface area contributed by atoms with E-state index in [2.05, 4.69) is 0 Å². The van der Waals surface area contributed by atoms with E-state index in [1.54, 1.807) is 6.92 Å². The molecule has 134 valence electrons. The molecule has 0 aliphatic rings. The van der Waals surface area contributed by atoms with E-state index in [0.29, 0.717) is 5.56 Å². The highest BCUT2D eigenvalue weighted by Gasteiger charge is 2.38. The summed E-state index contributed by atoms with van der Waals surface area (Å²) in [5.41, 5.74) is 9.15. The van der Waals surface area contributed by atoms with Crippen molar-refractivity contribution in [2.45, 2.75) is 46.3 Å². The number of carbonyl (C=O) groups is 1. The van der Waals surface area contributed by atoms with E-state index in [4.69, 9.17) is 8.48 Å². The largest absolute Gasteiger partial charge is 0.369 e. The molecule has 2 aromatic carbocycles. The zero-order chi connectivity index (χ0) is 20.7. The van der Waals surface area contributed by atoms with Gasteiger partial charge < -0.3 is 5.73 Å². The lowest BCUT2D eigenvalue weighted by Gasteiger charge is -2.32. The average Bonchev–Trinajstić information content (AvgIpc) is 2.60. The zero-order valence-electron chi connectivity index (χ0n) is 17.7. The summed E-state index contributed by atoms with van der Waals surface area (Å²) in [6.45, 7) is 11.6. The van der Waals surface area contributed by atoms with Crippen molar-refractivity contribution in [2.75, 3.05) is 5.70 Å². The third-order valence-electron chi connectivity index (χ3n) is 5.16. The third-order valence-corrected chi connectivity index (χ3v) is 6.74. The predicted octanol–water partition coefficient (Wildman–Crippen LogP) is 3.73. The van der Waals surface area contributed by atoms with Crippen LogP contribution in [0.2, 0.25) is 0 Å². The predicted molar refractivity (Wildman–Crippen MR) is 105 cm³/mol. The molecule has 3 nitrogen and oxygen atoms in total. The minimum absolute atomic E-state index is 0.709. The van der Waals surface area contributed by atoms with Gasteiger partial charge in [0, 0.05) is 10.8 Å². The SMILES string of the molecule is [2H]C([2H])(C(N)=O)S(=O)C(C)(c1cc(C)c(C)c(C)c1)c1cccc(C)c1C. The van der Waals surface area contributed by atoms with Crippen molar-refractivity contribution in [3.8, 4) is 0 Å². The summed E-state index contributed by atoms with van der Waals surface area (Å²) in [5, 5.41) is 0. The van der Waals surface area contributed by atoms with E-state index in [9.17, 15) is 9.00 Å². The van der Waals surface area contributed by atoms with Crippen LogP contribution in [-0.2, 0) is 20.3 Å². The number of hydrogen-bond acceptors (Lipinski definition) is 2. The molecule has 2 atom stereocenters. The number of carbonyl (C=O) groups excluding carboxylic acids is 1. The maximum atomic E-state index is 13.5. The quantitative estimate of drug-likeness (QED) is 0.884. The Hall–Kier alpha value is -1.94. The van der Waals surface area contributed by atoms with Gasteiger partial charge in [0.15, 0.2) is 0 Å². The van der Waals surface area contributed by atoms with E-state index < -0.39 is 27.2 Å². The highest BCUT2D eigenvalue weighted by atomic mass is 32.2. The first-order valence-corrected chi connectivity index (χ1v) is 9.37. The monoisotopic (exact) mass is 359 g/mol. The fourth-order valence-corrected chi connectivity index (χ4v) is 4.27. The van der Waals surface area contributed by atoms with E-state index in [1.807, 2.05) is 65.0 Å². The van der Waals surface area contributed by atoms with Gasteiger partial charge in [-0.3, -0.25) is 9.00 Å². The van der Waals surface area contributed by atoms with Gasteiger partial charge in [-0.15, -0.1) is 0 Å². The Morgan fingerprint density at radius 1 is 1.08 bits per heavy atom. The minimum Gasteiger partial charge on any atom is -0.369 e. The molecule has 2 N–H and O–H groups in total. The first-order chi connectivity index (χ1) is 12.3. The van der Waals surface area contributed by atoms with Crippen LogP contribution >= 0.6 is 0 Å². The van der Waals surface area contributed by atoms with Gasteiger partial charge in [0.05, 0.1) is 7.49 Å². The Kier molecular flexibility index (Phi) is 4.71. The second kappa shape index (κ2) is 7.12. The molecule has 0 saturated heterocycles. The van der Waals surface area contributed by atoms with Crippen molar-refractivity contribution in [1.29, 1.82) is 0 Å². The average molecular weight is 360 g/mol. The number of benzene rings is 2. The summed E-state index contributed by atoms with van der Waals surface area (Å²) in [6, 6.07) is 9.53. The van der Waals surface area contributed by atoms with Gasteiger partial charge >= 0.3 is 0 Å². The van der Waals surface area contributed by atoms with Gasteiger partial charge in [0.1, 0.15) is 5.70 Å². The number of rotatable bonds is 5. The smallest absolute Gasteiger partial charge is 0.230 e. The van der Waals surface area contributed by atoms with E-state index in [1.165, 1.54) is 0 Å². The summed E-state index contributed by atoms with van der Waals surface area (Å²) >= 11 is 0. The van der Waals surface area contributed by atoms with Crippen LogP contribution in [0.4, 0.5) is 0 Å². The molecule has 0 aliphatic heterocycles. The van der Waals surface area contributed by atoms with Gasteiger partial charge in [0.2, 0.25) is 5.91 Å². The van der Waals surface area contributed by atoms with Gasteiger partial charge in [-0.25, -0.2) is 0 Å². The van der Waals surface area contributed by atoms with E-state index in [0.717, 1.165) is 33.4 Å². The summed E-state index contributed by atoms with van der Waals surface area (Å²) in [4.78, 5) is 11.8. The topological polar surface area (TPSA) is 60.2 Å². The molecule has 2 unspecified atom stereocenters. The van der Waals surface area contributed by atoms with Crippen molar-refractivity contribution >= 4 is 16.7 Å². The summed E-state index contributed by atoms with van der Waals surface area (Å²) in [5.74, 6) is -1.22. The standard InChI is InChI=1S/C21H27NO2S/c1-13-8-7-9-19(17(13)5)21(6,25(24)12-20(22)23)18-10-14(2)16(4)15(3)11-18/h7-11H,12H2,1-6H3,(H2,22,23)/i12D2. The first-order valence-electron chi connectivity index (χ1n) is 9.22. The van der Waals surface area contributed by atoms with Gasteiger partial charge in [0.25, 0.3) is 0 Å². The Bertz CT molecular complexity index is 917. The molecule has 0 radical (unpaired) electrons. The lowest BCUT2D eigenvalue weighted by Crippen LogP contribution is -2.36. The molecule has 4 heteroatoms. The first kappa shape index (κ1) is 16.5. The maximum absolute atomic E-state index is 13.5. The van der Waals surface area contributed by atoms with Crippen molar-refractivity contribution in [3.63, 3.8) is 0 Å². The molecule has 0 spiro atoms. The fourth-order valence-electron chi connectivity index (χ4n) is 3.13. The Morgan fingerprint density at radius 2 is 1.64 bits per heavy atom. The second-order valence-corrected chi connectivity index (χ2v) is 8.31. The molecular weight excluding hydrogens is 330 g/mol. The normalized spacial score (nSPS) is 16.6. The molecule has 0 bridgehead atoms. The van der Waals surface area contributed by atoms with Crippen LogP contribution in [0.3, 0.4) is 0 Å². The Labute approximate surface area is 155 Å². The van der Waals surface area contributed by atoms with Crippen LogP contribution in [0.1, 0.15) is 48.6 Å². The molecule has 25 heavy (non-hydrogen) atoms. The molecule has 0 heterocycles. The molecule has 0 fully saturated rings. The van der Waals surface area contributed by atoms with E-state index in [-0.39, 0.29) is 0 Å². The Morgan fingerprint density at radius 3 is 2.16 bits per heavy atom. The molecule has 0 aromatic heterocycles. The number of amides is 1. The third kappa shape index (κ3) is 3.54. The zero-order valence-corrected chi connectivity index (χ0v) is 16.5. The number of nitrogens with two attached hydrogens (primary N) is 1. The summed E-state index contributed by atoms with van der Waals surface area (Å²) in [7, 11) is -2.25. The highest BCUT2D eigenvalue weighted by Crippen LogP contribution is 2.39. The van der Waals surface area contributed by atoms with Gasteiger partial charge in [-0.1, -0.05) is 30.3 Å². The van der Waals surface area contributed by atoms with Crippen molar-refractivity contribution in [1.82, 2.24) is 0 Å². The molecule has 0 saturated carbocycles. The lowest BCUT2D eigenvalue weighted by molar-refractivity contribution is -0.115. The molecule has 1 amide bonds. The summed E-state index contributed by atoms with van der Waals surface area (Å²) < 4.78 is 28.5. The fraction of sp³-hybridized carbons (Fsp3) is 0.381. The van der Waals surface area contributed by atoms with Crippen LogP contribution in [0.25, 0.3) is 0 Å². The van der Waals surface area contributed by atoms with Crippen molar-refractivity contribution in [3.05, 3.63) is 69.3 Å². The van der Waals surface area contributed by atoms with Gasteiger partial charge in [-0.05, 0) is 80.5 Å². The molecular formula is C21H27NO2S. The second-order valence-electron chi connectivity index (χ2n) is 6.75.